The Balaban J connectivity index is 2.16. The second-order valence-electron chi connectivity index (χ2n) is 6.00. The summed E-state index contributed by atoms with van der Waals surface area (Å²) in [4.78, 5) is 24.8. The molecule has 0 radical (unpaired) electrons. The number of Topliss-reactive ketones (excluding diaryl/α,β-unsaturated/α-hetero) is 2. The molecular weight excluding hydrogens is 252 g/mol. The molecule has 2 aliphatic rings. The highest BCUT2D eigenvalue weighted by Crippen LogP contribution is 2.52. The number of carbonyl (C=O) groups is 2. The van der Waals surface area contributed by atoms with Gasteiger partial charge in [0.15, 0.2) is 11.5 Å². The zero-order valence-corrected chi connectivity index (χ0v) is 11.9. The van der Waals surface area contributed by atoms with Gasteiger partial charge < -0.3 is 5.11 Å². The fraction of sp³-hybridized carbons (Fsp3) is 0.412. The highest BCUT2D eigenvalue weighted by molar-refractivity contribution is 6.16. The Morgan fingerprint density at radius 3 is 2.35 bits per heavy atom. The number of carbonyl (C=O) groups excluding carboxylic acids is 2. The van der Waals surface area contributed by atoms with E-state index in [1.54, 1.807) is 6.92 Å². The van der Waals surface area contributed by atoms with E-state index in [-0.39, 0.29) is 29.3 Å². The molecule has 1 aromatic carbocycles. The van der Waals surface area contributed by atoms with E-state index >= 15 is 0 Å². The van der Waals surface area contributed by atoms with E-state index in [1.807, 2.05) is 38.1 Å². The predicted molar refractivity (Wildman–Crippen MR) is 75.4 cm³/mol. The molecular formula is C17H18O3. The highest BCUT2D eigenvalue weighted by atomic mass is 16.3. The number of rotatable bonds is 1. The Morgan fingerprint density at radius 2 is 1.70 bits per heavy atom. The molecule has 20 heavy (non-hydrogen) atoms. The van der Waals surface area contributed by atoms with Crippen molar-refractivity contribution in [1.82, 2.24) is 0 Å². The maximum absolute atomic E-state index is 12.5. The molecule has 3 heteroatoms. The third-order valence-electron chi connectivity index (χ3n) is 4.97. The van der Waals surface area contributed by atoms with Crippen molar-refractivity contribution in [3.8, 4) is 0 Å². The molecule has 2 bridgehead atoms. The van der Waals surface area contributed by atoms with Gasteiger partial charge in [-0.3, -0.25) is 9.59 Å². The molecule has 1 fully saturated rings. The summed E-state index contributed by atoms with van der Waals surface area (Å²) in [5.74, 6) is -1.72. The molecule has 0 aliphatic heterocycles. The number of aliphatic hydroxyl groups is 1. The standard InChI is InChI=1S/C17H18O3/c1-8-6-4-5-7-11(8)13-9(2)12-10(3)15(18)17(20)14(13)16(12)19/h4-7,9,12-14,18H,1-3H3/t9-,12+,13-,14+/m0/s1. The van der Waals surface area contributed by atoms with Crippen LogP contribution in [0, 0.1) is 24.7 Å². The lowest BCUT2D eigenvalue weighted by Gasteiger charge is -2.22. The van der Waals surface area contributed by atoms with Crippen LogP contribution in [-0.2, 0) is 9.59 Å². The highest BCUT2D eigenvalue weighted by Gasteiger charge is 2.56. The van der Waals surface area contributed by atoms with Crippen molar-refractivity contribution in [1.29, 1.82) is 0 Å². The number of hydrogen-bond acceptors (Lipinski definition) is 3. The number of benzene rings is 1. The summed E-state index contributed by atoms with van der Waals surface area (Å²) >= 11 is 0. The van der Waals surface area contributed by atoms with E-state index in [2.05, 4.69) is 0 Å². The van der Waals surface area contributed by atoms with Crippen LogP contribution in [-0.4, -0.2) is 16.7 Å². The number of ketones is 2. The van der Waals surface area contributed by atoms with Crippen LogP contribution in [0.15, 0.2) is 35.6 Å². The molecule has 3 rings (SSSR count). The van der Waals surface area contributed by atoms with Gasteiger partial charge in [-0.05, 0) is 36.5 Å². The van der Waals surface area contributed by atoms with E-state index in [4.69, 9.17) is 0 Å². The van der Waals surface area contributed by atoms with Crippen molar-refractivity contribution in [3.63, 3.8) is 0 Å². The summed E-state index contributed by atoms with van der Waals surface area (Å²) in [6, 6.07) is 7.88. The number of allylic oxidation sites excluding steroid dienone is 2. The molecule has 1 N–H and O–H groups in total. The number of hydrogen-bond donors (Lipinski definition) is 1. The zero-order valence-electron chi connectivity index (χ0n) is 11.9. The molecule has 2 aliphatic carbocycles. The summed E-state index contributed by atoms with van der Waals surface area (Å²) in [7, 11) is 0. The predicted octanol–water partition coefficient (Wildman–Crippen LogP) is 2.94. The maximum atomic E-state index is 12.5. The van der Waals surface area contributed by atoms with Crippen molar-refractivity contribution < 1.29 is 14.7 Å². The number of aliphatic hydroxyl groups excluding tert-OH is 1. The monoisotopic (exact) mass is 270 g/mol. The number of aryl methyl sites for hydroxylation is 1. The summed E-state index contributed by atoms with van der Waals surface area (Å²) < 4.78 is 0. The molecule has 3 nitrogen and oxygen atoms in total. The van der Waals surface area contributed by atoms with Crippen LogP contribution < -0.4 is 0 Å². The Bertz CT molecular complexity index is 641. The first-order valence-electron chi connectivity index (χ1n) is 6.98. The van der Waals surface area contributed by atoms with Crippen molar-refractivity contribution in [3.05, 3.63) is 46.7 Å². The SMILES string of the molecule is CC1=C(O)C(=O)[C@H]2C(=O)[C@@H]1[C@H](C)[C@H]2c1ccccc1C. The first-order valence-corrected chi connectivity index (χ1v) is 6.98. The molecule has 0 amide bonds. The van der Waals surface area contributed by atoms with Gasteiger partial charge in [0.05, 0.1) is 5.92 Å². The lowest BCUT2D eigenvalue weighted by atomic mass is 9.80. The Morgan fingerprint density at radius 1 is 1.05 bits per heavy atom. The molecule has 1 aromatic rings. The van der Waals surface area contributed by atoms with Crippen LogP contribution in [0.4, 0.5) is 0 Å². The van der Waals surface area contributed by atoms with Crippen molar-refractivity contribution in [2.24, 2.45) is 17.8 Å². The zero-order chi connectivity index (χ0) is 14.6. The van der Waals surface area contributed by atoms with Gasteiger partial charge in [-0.25, -0.2) is 0 Å². The lowest BCUT2D eigenvalue weighted by molar-refractivity contribution is -0.133. The fourth-order valence-corrected chi connectivity index (χ4v) is 3.95. The van der Waals surface area contributed by atoms with Gasteiger partial charge in [-0.1, -0.05) is 31.2 Å². The molecule has 4 atom stereocenters. The molecule has 0 unspecified atom stereocenters. The summed E-state index contributed by atoms with van der Waals surface area (Å²) in [5, 5.41) is 9.97. The van der Waals surface area contributed by atoms with Crippen LogP contribution in [0.1, 0.15) is 30.9 Å². The van der Waals surface area contributed by atoms with Gasteiger partial charge in [-0.15, -0.1) is 0 Å². The second kappa shape index (κ2) is 4.30. The Kier molecular flexibility index (Phi) is 2.82. The van der Waals surface area contributed by atoms with Crippen molar-refractivity contribution >= 4 is 11.6 Å². The normalized spacial score (nSPS) is 33.0. The van der Waals surface area contributed by atoms with E-state index in [9.17, 15) is 14.7 Å². The van der Waals surface area contributed by atoms with E-state index in [0.717, 1.165) is 11.1 Å². The van der Waals surface area contributed by atoms with Gasteiger partial charge in [0.25, 0.3) is 0 Å². The average Bonchev–Trinajstić information content (AvgIpc) is 2.64. The van der Waals surface area contributed by atoms with E-state index in [0.29, 0.717) is 5.57 Å². The van der Waals surface area contributed by atoms with Gasteiger partial charge in [0.1, 0.15) is 0 Å². The van der Waals surface area contributed by atoms with Crippen LogP contribution in [0.3, 0.4) is 0 Å². The molecule has 104 valence electrons. The minimum Gasteiger partial charge on any atom is -0.504 e. The quantitative estimate of drug-likeness (QED) is 0.798. The average molecular weight is 270 g/mol. The molecule has 0 aromatic heterocycles. The minimum atomic E-state index is -0.709. The van der Waals surface area contributed by atoms with Crippen molar-refractivity contribution in [2.75, 3.05) is 0 Å². The van der Waals surface area contributed by atoms with Crippen molar-refractivity contribution in [2.45, 2.75) is 26.7 Å². The Hall–Kier alpha value is -1.90. The van der Waals surface area contributed by atoms with Crippen LogP contribution >= 0.6 is 0 Å². The second-order valence-corrected chi connectivity index (χ2v) is 6.00. The van der Waals surface area contributed by atoms with Gasteiger partial charge in [0, 0.05) is 11.8 Å². The maximum Gasteiger partial charge on any atom is 0.208 e. The molecule has 0 saturated heterocycles. The first-order chi connectivity index (χ1) is 9.45. The van der Waals surface area contributed by atoms with Gasteiger partial charge in [-0.2, -0.15) is 0 Å². The van der Waals surface area contributed by atoms with Gasteiger partial charge in [0.2, 0.25) is 5.78 Å². The lowest BCUT2D eigenvalue weighted by Crippen LogP contribution is -2.32. The smallest absolute Gasteiger partial charge is 0.208 e. The van der Waals surface area contributed by atoms with E-state index < -0.39 is 11.7 Å². The Labute approximate surface area is 118 Å². The summed E-state index contributed by atoms with van der Waals surface area (Å²) in [6.07, 6.45) is 0. The first kappa shape index (κ1) is 13.1. The van der Waals surface area contributed by atoms with Crippen LogP contribution in [0.5, 0.6) is 0 Å². The molecule has 1 saturated carbocycles. The minimum absolute atomic E-state index is 0.0222. The molecule has 0 spiro atoms. The van der Waals surface area contributed by atoms with E-state index in [1.165, 1.54) is 0 Å². The van der Waals surface area contributed by atoms with Crippen LogP contribution in [0.2, 0.25) is 0 Å². The largest absolute Gasteiger partial charge is 0.504 e. The summed E-state index contributed by atoms with van der Waals surface area (Å²) in [5.41, 5.74) is 2.69. The molecule has 0 heterocycles. The van der Waals surface area contributed by atoms with Gasteiger partial charge >= 0.3 is 0 Å². The summed E-state index contributed by atoms with van der Waals surface area (Å²) in [6.45, 7) is 5.71. The third kappa shape index (κ3) is 1.52. The topological polar surface area (TPSA) is 54.4 Å². The number of fused-ring (bicyclic) bond motifs is 2. The van der Waals surface area contributed by atoms with Crippen LogP contribution in [0.25, 0.3) is 0 Å². The third-order valence-corrected chi connectivity index (χ3v) is 4.97. The fourth-order valence-electron chi connectivity index (χ4n) is 3.95.